The number of carbonyl (C=O) groups is 1. The molecule has 1 unspecified atom stereocenters. The first-order valence-electron chi connectivity index (χ1n) is 10.6. The summed E-state index contributed by atoms with van der Waals surface area (Å²) in [7, 11) is 0.0359. The van der Waals surface area contributed by atoms with Gasteiger partial charge in [0, 0.05) is 16.2 Å². The van der Waals surface area contributed by atoms with Gasteiger partial charge in [-0.25, -0.2) is 4.79 Å². The first-order valence-corrected chi connectivity index (χ1v) is 13.1. The SMILES string of the molecule is Cc1c2c(c(Pc3c4c(c(C(=O)OCc5ccccc5)c5n[nH]nc35)N=S=N4)c3n[nH]nc13)N=S=N2. The van der Waals surface area contributed by atoms with Crippen molar-refractivity contribution >= 4 is 92.7 Å². The molecule has 12 nitrogen and oxygen atoms in total. The van der Waals surface area contributed by atoms with Gasteiger partial charge in [0.1, 0.15) is 57.0 Å². The molecule has 2 aromatic heterocycles. The van der Waals surface area contributed by atoms with Crippen LogP contribution >= 0.6 is 8.58 Å². The second-order valence-corrected chi connectivity index (χ2v) is 10.2. The van der Waals surface area contributed by atoms with Gasteiger partial charge in [0.2, 0.25) is 0 Å². The van der Waals surface area contributed by atoms with Crippen LogP contribution in [0.4, 0.5) is 22.7 Å². The molecule has 176 valence electrons. The predicted octanol–water partition coefficient (Wildman–Crippen LogP) is 3.98. The van der Waals surface area contributed by atoms with E-state index in [-0.39, 0.29) is 20.8 Å². The molecule has 5 aromatic rings. The third-order valence-corrected chi connectivity index (χ3v) is 8.38. The number of ether oxygens (including phenoxy) is 1. The van der Waals surface area contributed by atoms with E-state index in [4.69, 9.17) is 4.74 Å². The van der Waals surface area contributed by atoms with Crippen LogP contribution in [-0.4, -0.2) is 36.8 Å². The predicted molar refractivity (Wildman–Crippen MR) is 139 cm³/mol. The van der Waals surface area contributed by atoms with Gasteiger partial charge in [-0.05, 0) is 21.1 Å². The Bertz CT molecular complexity index is 1890. The fourth-order valence-electron chi connectivity index (χ4n) is 4.16. The van der Waals surface area contributed by atoms with Crippen LogP contribution in [0.3, 0.4) is 0 Å². The minimum atomic E-state index is -0.536. The van der Waals surface area contributed by atoms with Crippen LogP contribution in [0.25, 0.3) is 22.1 Å². The molecule has 4 heterocycles. The smallest absolute Gasteiger partial charge is 0.343 e. The molecule has 0 saturated heterocycles. The van der Waals surface area contributed by atoms with Crippen LogP contribution < -0.4 is 10.6 Å². The van der Waals surface area contributed by atoms with Crippen LogP contribution in [0.2, 0.25) is 0 Å². The Morgan fingerprint density at radius 2 is 1.39 bits per heavy atom. The molecule has 0 aliphatic carbocycles. The number of fused-ring (bicyclic) bond motifs is 4. The highest BCUT2D eigenvalue weighted by Gasteiger charge is 2.31. The van der Waals surface area contributed by atoms with E-state index in [2.05, 4.69) is 48.3 Å². The lowest BCUT2D eigenvalue weighted by molar-refractivity contribution is 0.0476. The van der Waals surface area contributed by atoms with E-state index in [1.807, 2.05) is 37.3 Å². The number of nitrogens with zero attached hydrogens (tertiary/aromatic N) is 8. The summed E-state index contributed by atoms with van der Waals surface area (Å²) in [5.41, 5.74) is 6.94. The summed E-state index contributed by atoms with van der Waals surface area (Å²) in [5, 5.41) is 24.4. The lowest BCUT2D eigenvalue weighted by atomic mass is 10.1. The Balaban J connectivity index is 1.36. The molecule has 36 heavy (non-hydrogen) atoms. The fourth-order valence-corrected chi connectivity index (χ4v) is 6.91. The van der Waals surface area contributed by atoms with E-state index in [9.17, 15) is 4.79 Å². The number of benzene rings is 3. The molecular formula is C21H13N10O2PS2. The number of aryl methyl sites for hydroxylation is 1. The summed E-state index contributed by atoms with van der Waals surface area (Å²) in [6, 6.07) is 9.48. The summed E-state index contributed by atoms with van der Waals surface area (Å²) in [5.74, 6) is -0.536. The van der Waals surface area contributed by atoms with Crippen molar-refractivity contribution < 1.29 is 9.53 Å². The zero-order valence-electron chi connectivity index (χ0n) is 18.3. The van der Waals surface area contributed by atoms with Crippen molar-refractivity contribution in [1.29, 1.82) is 0 Å². The first-order chi connectivity index (χ1) is 17.7. The number of esters is 1. The van der Waals surface area contributed by atoms with Crippen molar-refractivity contribution in [2.24, 2.45) is 17.5 Å². The summed E-state index contributed by atoms with van der Waals surface area (Å²) in [6.07, 6.45) is 0. The van der Waals surface area contributed by atoms with E-state index in [0.29, 0.717) is 27.9 Å². The second-order valence-electron chi connectivity index (χ2n) is 7.90. The van der Waals surface area contributed by atoms with Gasteiger partial charge in [-0.2, -0.15) is 48.3 Å². The Labute approximate surface area is 210 Å². The number of rotatable bonds is 5. The Kier molecular flexibility index (Phi) is 4.91. The van der Waals surface area contributed by atoms with Crippen LogP contribution in [0, 0.1) is 6.92 Å². The molecule has 2 aliphatic rings. The van der Waals surface area contributed by atoms with Crippen molar-refractivity contribution in [2.75, 3.05) is 0 Å². The molecule has 0 amide bonds. The Morgan fingerprint density at radius 3 is 2.14 bits per heavy atom. The summed E-state index contributed by atoms with van der Waals surface area (Å²) in [6.45, 7) is 2.08. The molecular weight excluding hydrogens is 519 g/mol. The van der Waals surface area contributed by atoms with Gasteiger partial charge in [0.25, 0.3) is 0 Å². The minimum Gasteiger partial charge on any atom is -0.457 e. The maximum Gasteiger partial charge on any atom is 0.343 e. The standard InChI is InChI=1S/C21H13N10O2PS2/c1-8-11-15(24-30-22-11)19(17-12(8)26-35-28-17)34-20-16-13(23-31-25-16)10(14-18(20)29-36-27-14)21(32)33-7-9-5-3-2-4-6-9/h2-6,34H,7H2,1H3,(H,22,24,30)(H,23,25,31). The normalized spacial score (nSPS) is 13.5. The zero-order valence-corrected chi connectivity index (χ0v) is 20.9. The first kappa shape index (κ1) is 21.3. The molecule has 2 aliphatic heterocycles. The molecule has 3 aromatic carbocycles. The van der Waals surface area contributed by atoms with E-state index in [1.54, 1.807) is 0 Å². The van der Waals surface area contributed by atoms with E-state index < -0.39 is 5.97 Å². The summed E-state index contributed by atoms with van der Waals surface area (Å²) >= 11 is 2.17. The molecule has 15 heteroatoms. The van der Waals surface area contributed by atoms with E-state index in [1.165, 1.54) is 0 Å². The lowest BCUT2D eigenvalue weighted by Gasteiger charge is -2.13. The molecule has 0 saturated carbocycles. The van der Waals surface area contributed by atoms with Gasteiger partial charge in [0.05, 0.1) is 22.7 Å². The molecule has 0 radical (unpaired) electrons. The molecule has 1 atom stereocenters. The van der Waals surface area contributed by atoms with Crippen LogP contribution in [0.5, 0.6) is 0 Å². The summed E-state index contributed by atoms with van der Waals surface area (Å²) in [4.78, 5) is 13.2. The van der Waals surface area contributed by atoms with E-state index >= 15 is 0 Å². The van der Waals surface area contributed by atoms with Gasteiger partial charge in [-0.3, -0.25) is 0 Å². The highest BCUT2D eigenvalue weighted by molar-refractivity contribution is 7.60. The van der Waals surface area contributed by atoms with Crippen molar-refractivity contribution in [3.8, 4) is 0 Å². The highest BCUT2D eigenvalue weighted by atomic mass is 32.1. The van der Waals surface area contributed by atoms with Crippen molar-refractivity contribution in [1.82, 2.24) is 30.8 Å². The number of hydrogen-bond acceptors (Lipinski definition) is 10. The molecule has 0 spiro atoms. The summed E-state index contributed by atoms with van der Waals surface area (Å²) < 4.78 is 23.6. The van der Waals surface area contributed by atoms with Crippen LogP contribution in [0.15, 0.2) is 47.8 Å². The largest absolute Gasteiger partial charge is 0.457 e. The Hall–Kier alpha value is -4.00. The second kappa shape index (κ2) is 8.29. The third-order valence-electron chi connectivity index (χ3n) is 5.87. The van der Waals surface area contributed by atoms with Gasteiger partial charge < -0.3 is 4.74 Å². The van der Waals surface area contributed by atoms with Gasteiger partial charge in [-0.1, -0.05) is 30.3 Å². The van der Waals surface area contributed by atoms with Gasteiger partial charge >= 0.3 is 5.97 Å². The highest BCUT2D eigenvalue weighted by Crippen LogP contribution is 2.45. The lowest BCUT2D eigenvalue weighted by Crippen LogP contribution is -2.12. The monoisotopic (exact) mass is 532 g/mol. The third kappa shape index (κ3) is 3.19. The number of aromatic amines is 2. The maximum atomic E-state index is 13.2. The molecule has 7 rings (SSSR count). The van der Waals surface area contributed by atoms with Crippen molar-refractivity contribution in [3.05, 3.63) is 47.0 Å². The molecule has 0 bridgehead atoms. The average Bonchev–Trinajstić information content (AvgIpc) is 3.71. The zero-order chi connectivity index (χ0) is 24.2. The number of hydrogen-bond donors (Lipinski definition) is 2. The van der Waals surface area contributed by atoms with Gasteiger partial charge in [0.15, 0.2) is 0 Å². The Morgan fingerprint density at radius 1 is 0.806 bits per heavy atom. The topological polar surface area (TPSA) is 159 Å². The average molecular weight is 533 g/mol. The molecule has 0 fully saturated rings. The van der Waals surface area contributed by atoms with E-state index in [0.717, 1.165) is 61.3 Å². The molecule has 2 N–H and O–H groups in total. The van der Waals surface area contributed by atoms with Crippen molar-refractivity contribution in [3.63, 3.8) is 0 Å². The maximum absolute atomic E-state index is 13.2. The number of H-pyrrole nitrogens is 2. The van der Waals surface area contributed by atoms with Crippen LogP contribution in [-0.2, 0) is 34.1 Å². The van der Waals surface area contributed by atoms with Crippen LogP contribution in [0.1, 0.15) is 21.5 Å². The number of aromatic nitrogens is 6. The quantitative estimate of drug-likeness (QED) is 0.252. The number of nitrogens with one attached hydrogen (secondary N) is 2. The fraction of sp³-hybridized carbons (Fsp3) is 0.0952. The van der Waals surface area contributed by atoms with Crippen molar-refractivity contribution in [2.45, 2.75) is 13.5 Å². The number of carbonyl (C=O) groups excluding carboxylic acids is 1. The van der Waals surface area contributed by atoms with Gasteiger partial charge in [-0.15, -0.1) is 0 Å². The minimum absolute atomic E-state index is 0.0359.